The molecule has 1 atom stereocenters. The molecule has 1 unspecified atom stereocenters. The van der Waals surface area contributed by atoms with Gasteiger partial charge in [0, 0.05) is 13.1 Å². The Bertz CT molecular complexity index is 893. The Kier molecular flexibility index (Phi) is 7.49. The Labute approximate surface area is 181 Å². The van der Waals surface area contributed by atoms with Crippen molar-refractivity contribution in [3.05, 3.63) is 29.8 Å². The molecule has 2 heterocycles. The van der Waals surface area contributed by atoms with Crippen LogP contribution in [0.15, 0.2) is 29.4 Å². The van der Waals surface area contributed by atoms with E-state index < -0.39 is 6.04 Å². The van der Waals surface area contributed by atoms with E-state index in [4.69, 9.17) is 4.74 Å². The summed E-state index contributed by atoms with van der Waals surface area (Å²) in [4.78, 5) is 26.4. The Hall–Kier alpha value is -2.39. The summed E-state index contributed by atoms with van der Waals surface area (Å²) in [6.07, 6.45) is 0. The summed E-state index contributed by atoms with van der Waals surface area (Å²) in [6.45, 7) is 10.1. The Morgan fingerprint density at radius 3 is 2.60 bits per heavy atom. The maximum Gasteiger partial charge on any atom is 0.232 e. The second kappa shape index (κ2) is 10.1. The Balaban J connectivity index is 1.81. The molecule has 1 N–H and O–H groups in total. The minimum atomic E-state index is -0.475. The quantitative estimate of drug-likeness (QED) is 0.641. The minimum Gasteiger partial charge on any atom is -0.378 e. The summed E-state index contributed by atoms with van der Waals surface area (Å²) >= 11 is 1.31. The molecule has 0 bridgehead atoms. The lowest BCUT2D eigenvalue weighted by Crippen LogP contribution is -2.44. The molecule has 0 saturated carbocycles. The van der Waals surface area contributed by atoms with E-state index in [9.17, 15) is 9.59 Å². The van der Waals surface area contributed by atoms with E-state index in [0.29, 0.717) is 18.4 Å². The number of hydrogen-bond donors (Lipinski definition) is 1. The van der Waals surface area contributed by atoms with E-state index >= 15 is 0 Å². The molecule has 1 aliphatic heterocycles. The number of aromatic nitrogens is 3. The first-order chi connectivity index (χ1) is 14.4. The number of carbonyl (C=O) groups is 2. The third kappa shape index (κ3) is 5.40. The van der Waals surface area contributed by atoms with Gasteiger partial charge in [-0.05, 0) is 37.5 Å². The highest BCUT2D eigenvalue weighted by atomic mass is 32.2. The number of hydrogen-bond acceptors (Lipinski definition) is 7. The number of nitrogens with one attached hydrogen (secondary N) is 1. The minimum absolute atomic E-state index is 0.0409. The normalized spacial score (nSPS) is 15.3. The first kappa shape index (κ1) is 22.3. The monoisotopic (exact) mass is 431 g/mol. The lowest BCUT2D eigenvalue weighted by atomic mass is 10.0. The Morgan fingerprint density at radius 1 is 1.23 bits per heavy atom. The molecule has 0 aliphatic carbocycles. The molecule has 1 aliphatic rings. The number of Topliss-reactive ketones (excluding diaryl/α,β-unsaturated/α-hetero) is 1. The number of carbonyl (C=O) groups excluding carboxylic acids is 2. The van der Waals surface area contributed by atoms with Crippen LogP contribution in [-0.2, 0) is 14.3 Å². The third-order valence-electron chi connectivity index (χ3n) is 4.92. The van der Waals surface area contributed by atoms with Crippen molar-refractivity contribution in [2.45, 2.75) is 38.9 Å². The van der Waals surface area contributed by atoms with Gasteiger partial charge < -0.3 is 15.0 Å². The fourth-order valence-corrected chi connectivity index (χ4v) is 4.16. The standard InChI is InChI=1S/C21H29N5O3S/c1-14(2)19(16(4)27)22-18(28)13-30-21-24-23-20(25-8-10-29-11-9-25)26(21)17-7-5-6-15(3)12-17/h5-7,12,14,19H,8-11,13H2,1-4H3,(H,22,28). The molecule has 9 heteroatoms. The van der Waals surface area contributed by atoms with Crippen molar-refractivity contribution in [3.63, 3.8) is 0 Å². The Morgan fingerprint density at radius 2 is 1.97 bits per heavy atom. The van der Waals surface area contributed by atoms with Crippen LogP contribution >= 0.6 is 11.8 Å². The topological polar surface area (TPSA) is 89.3 Å². The van der Waals surface area contributed by atoms with E-state index in [1.165, 1.54) is 18.7 Å². The number of ether oxygens (including phenoxy) is 1. The average Bonchev–Trinajstić information content (AvgIpc) is 3.14. The number of ketones is 1. The van der Waals surface area contributed by atoms with E-state index in [0.717, 1.165) is 30.3 Å². The number of aryl methyl sites for hydroxylation is 1. The summed E-state index contributed by atoms with van der Waals surface area (Å²) in [6, 6.07) is 7.64. The van der Waals surface area contributed by atoms with Crippen LogP contribution < -0.4 is 10.2 Å². The number of nitrogens with zero attached hydrogens (tertiary/aromatic N) is 4. The number of rotatable bonds is 8. The molecule has 1 amide bonds. The van der Waals surface area contributed by atoms with Crippen molar-refractivity contribution in [1.82, 2.24) is 20.1 Å². The molecule has 0 spiro atoms. The molecule has 1 saturated heterocycles. The van der Waals surface area contributed by atoms with E-state index in [-0.39, 0.29) is 23.4 Å². The number of anilines is 1. The van der Waals surface area contributed by atoms with Gasteiger partial charge in [0.15, 0.2) is 10.9 Å². The molecular formula is C21H29N5O3S. The molecule has 2 aromatic rings. The van der Waals surface area contributed by atoms with Gasteiger partial charge >= 0.3 is 0 Å². The second-order valence-electron chi connectivity index (χ2n) is 7.74. The van der Waals surface area contributed by atoms with Crippen molar-refractivity contribution in [1.29, 1.82) is 0 Å². The van der Waals surface area contributed by atoms with Crippen LogP contribution in [-0.4, -0.2) is 64.6 Å². The van der Waals surface area contributed by atoms with Crippen molar-refractivity contribution >= 4 is 29.4 Å². The number of thioether (sulfide) groups is 1. The molecule has 1 aromatic heterocycles. The van der Waals surface area contributed by atoms with Gasteiger partial charge in [-0.3, -0.25) is 14.2 Å². The van der Waals surface area contributed by atoms with Crippen LogP contribution in [0.1, 0.15) is 26.3 Å². The molecule has 0 radical (unpaired) electrons. The van der Waals surface area contributed by atoms with E-state index in [2.05, 4.69) is 26.5 Å². The van der Waals surface area contributed by atoms with Gasteiger partial charge in [0.2, 0.25) is 11.9 Å². The molecule has 1 fully saturated rings. The molecule has 3 rings (SSSR count). The van der Waals surface area contributed by atoms with Crippen LogP contribution in [0, 0.1) is 12.8 Å². The summed E-state index contributed by atoms with van der Waals surface area (Å²) in [5, 5.41) is 12.3. The zero-order chi connectivity index (χ0) is 21.7. The van der Waals surface area contributed by atoms with Crippen molar-refractivity contribution in [2.75, 3.05) is 37.0 Å². The second-order valence-corrected chi connectivity index (χ2v) is 8.69. The summed E-state index contributed by atoms with van der Waals surface area (Å²) in [7, 11) is 0. The number of benzene rings is 1. The van der Waals surface area contributed by atoms with Gasteiger partial charge in [-0.25, -0.2) is 0 Å². The van der Waals surface area contributed by atoms with Gasteiger partial charge in [-0.2, -0.15) is 0 Å². The van der Waals surface area contributed by atoms with Crippen molar-refractivity contribution < 1.29 is 14.3 Å². The molecule has 162 valence electrons. The van der Waals surface area contributed by atoms with Crippen LogP contribution in [0.5, 0.6) is 0 Å². The van der Waals surface area contributed by atoms with Gasteiger partial charge in [0.05, 0.1) is 30.7 Å². The highest BCUT2D eigenvalue weighted by Gasteiger charge is 2.24. The van der Waals surface area contributed by atoms with E-state index in [1.54, 1.807) is 0 Å². The van der Waals surface area contributed by atoms with Gasteiger partial charge in [0.25, 0.3) is 0 Å². The fourth-order valence-electron chi connectivity index (χ4n) is 3.40. The number of morpholine rings is 1. The SMILES string of the molecule is CC(=O)C(NC(=O)CSc1nnc(N2CCOCC2)n1-c1cccc(C)c1)C(C)C. The molecular weight excluding hydrogens is 402 g/mol. The predicted octanol–water partition coefficient (Wildman–Crippen LogP) is 2.23. The third-order valence-corrected chi connectivity index (χ3v) is 5.85. The summed E-state index contributed by atoms with van der Waals surface area (Å²) in [5.41, 5.74) is 2.08. The molecule has 30 heavy (non-hydrogen) atoms. The smallest absolute Gasteiger partial charge is 0.232 e. The lowest BCUT2D eigenvalue weighted by Gasteiger charge is -2.28. The highest BCUT2D eigenvalue weighted by Crippen LogP contribution is 2.27. The molecule has 1 aromatic carbocycles. The average molecular weight is 432 g/mol. The van der Waals surface area contributed by atoms with Gasteiger partial charge in [0.1, 0.15) is 0 Å². The zero-order valence-corrected chi connectivity index (χ0v) is 18.7. The summed E-state index contributed by atoms with van der Waals surface area (Å²) in [5.74, 6) is 0.709. The molecule has 8 nitrogen and oxygen atoms in total. The lowest BCUT2D eigenvalue weighted by molar-refractivity contribution is -0.126. The number of amides is 1. The van der Waals surface area contributed by atoms with Crippen LogP contribution in [0.4, 0.5) is 5.95 Å². The predicted molar refractivity (Wildman–Crippen MR) is 117 cm³/mol. The van der Waals surface area contributed by atoms with E-state index in [1.807, 2.05) is 43.5 Å². The maximum atomic E-state index is 12.5. The van der Waals surface area contributed by atoms with Crippen molar-refractivity contribution in [3.8, 4) is 5.69 Å². The highest BCUT2D eigenvalue weighted by molar-refractivity contribution is 7.99. The zero-order valence-electron chi connectivity index (χ0n) is 17.9. The first-order valence-electron chi connectivity index (χ1n) is 10.1. The summed E-state index contributed by atoms with van der Waals surface area (Å²) < 4.78 is 7.45. The van der Waals surface area contributed by atoms with Crippen LogP contribution in [0.3, 0.4) is 0 Å². The maximum absolute atomic E-state index is 12.5. The van der Waals surface area contributed by atoms with Gasteiger partial charge in [-0.15, -0.1) is 10.2 Å². The van der Waals surface area contributed by atoms with Crippen LogP contribution in [0.25, 0.3) is 5.69 Å². The van der Waals surface area contributed by atoms with Gasteiger partial charge in [-0.1, -0.05) is 37.7 Å². The largest absolute Gasteiger partial charge is 0.378 e. The fraction of sp³-hybridized carbons (Fsp3) is 0.524. The van der Waals surface area contributed by atoms with Crippen molar-refractivity contribution in [2.24, 2.45) is 5.92 Å². The first-order valence-corrected chi connectivity index (χ1v) is 11.1. The van der Waals surface area contributed by atoms with Crippen LogP contribution in [0.2, 0.25) is 0 Å².